The molecular weight excluding hydrogens is 1250 g/mol. The lowest BCUT2D eigenvalue weighted by molar-refractivity contribution is -0.379. The molecule has 4 unspecified atom stereocenters. The average molecular weight is 1360 g/mol. The first-order valence-corrected chi connectivity index (χ1v) is 33.7. The Bertz CT molecular complexity index is 2470. The molecule has 0 amide bonds. The van der Waals surface area contributed by atoms with Crippen molar-refractivity contribution in [3.05, 3.63) is 11.6 Å². The summed E-state index contributed by atoms with van der Waals surface area (Å²) in [5, 5.41) is 194. The van der Waals surface area contributed by atoms with Crippen molar-refractivity contribution in [3.63, 3.8) is 0 Å². The molecule has 35 atom stereocenters. The van der Waals surface area contributed by atoms with Gasteiger partial charge in [-0.25, -0.2) is 0 Å². The zero-order chi connectivity index (χ0) is 68.5. The molecule has 0 aromatic heterocycles. The molecule has 10 rings (SSSR count). The van der Waals surface area contributed by atoms with Gasteiger partial charge in [-0.1, -0.05) is 52.7 Å². The Kier molecular flexibility index (Phi) is 23.9. The Morgan fingerprint density at radius 1 is 0.543 bits per heavy atom. The second kappa shape index (κ2) is 29.9. The highest BCUT2D eigenvalue weighted by Crippen LogP contribution is 2.75. The number of aliphatic hydroxyl groups excluding tert-OH is 17. The van der Waals surface area contributed by atoms with Crippen LogP contribution in [0.4, 0.5) is 0 Å². The molecule has 6 heterocycles. The molecule has 10 aliphatic rings. The Balaban J connectivity index is 0.825. The zero-order valence-electron chi connectivity index (χ0n) is 54.7. The third-order valence-electron chi connectivity index (χ3n) is 23.8. The van der Waals surface area contributed by atoms with Gasteiger partial charge in [0.2, 0.25) is 0 Å². The van der Waals surface area contributed by atoms with E-state index in [4.69, 9.17) is 56.8 Å². The predicted molar refractivity (Wildman–Crippen MR) is 318 cm³/mol. The van der Waals surface area contributed by atoms with Crippen molar-refractivity contribution in [3.8, 4) is 0 Å². The maximum Gasteiger partial charge on any atom is 0.187 e. The van der Waals surface area contributed by atoms with Crippen LogP contribution in [-0.4, -0.2) is 315 Å². The number of allylic oxidation sites excluding steroid dienone is 1. The van der Waals surface area contributed by atoms with Gasteiger partial charge in [0.1, 0.15) is 116 Å². The molecule has 0 aromatic rings. The molecule has 94 heavy (non-hydrogen) atoms. The SMILES string of the molecule is CC(C)(O)C(CCCC1CC[C@@]2(C)[C@@H]3CC=C4[C@@H](CC[C@H](O[C@@H]5OC(CO[C@H]6C[C@@H](O)C[C@@H](CO)O6)[C@@H](O)[C@H](O)[C@H]5O[C@@H]5O[C@H](CO)[C@@H](O)[C@H](O)[C@H]5O)C4(C)C)[C@]3(C)CCC12C)O[C@@H]1O[C@H](CO[C@@H]2OC[C@@H](O)[C@H](O)[C@H]2O)[C@@H](O)[C@H](O)[C@H]1O[C@@H]1O[C@H](CO)[C@@H](O)[C@H](O)[C@H]1O. The van der Waals surface area contributed by atoms with Crippen molar-refractivity contribution in [2.75, 3.05) is 39.6 Å². The monoisotopic (exact) mass is 1360 g/mol. The molecule has 18 N–H and O–H groups in total. The highest BCUT2D eigenvalue weighted by atomic mass is 16.8. The Hall–Kier alpha value is -1.46. The number of ether oxygens (including phenoxy) is 12. The second-order valence-electron chi connectivity index (χ2n) is 30.3. The lowest BCUT2D eigenvalue weighted by Gasteiger charge is -2.66. The lowest BCUT2D eigenvalue weighted by atomic mass is 9.39. The lowest BCUT2D eigenvalue weighted by Crippen LogP contribution is -2.65. The fraction of sp³-hybridized carbons (Fsp3) is 0.969. The van der Waals surface area contributed by atoms with Gasteiger partial charge < -0.3 is 149 Å². The van der Waals surface area contributed by atoms with Crippen LogP contribution in [0.5, 0.6) is 0 Å². The standard InChI is InChI=1S/C64H108O30/c1-60(2)30-11-13-37-62(5,31(30)12-14-38(60)91-58-53(93-56-51(80)46(75)42(71)33(22-66)87-56)48(77)44(73)35(89-58)25-83-40-20-28(68)19-29(21-65)86-40)17-18-63(6)27(15-16-64(37,63)7)9-8-10-39(61(3,4)82)92-59-54(94-57-52(81)47(76)43(72)34(23-67)88-57)49(78)45(74)36(90-59)26-85-55-50(79)41(70)32(69)24-84-55/h11,27-29,31-59,65-82H,8-10,12-26H2,1-7H3/t27?,28-,29-,31+,32+,33+,34+,35?,36+,37+,38-,39?,40+,41-,42+,43+,44+,45+,46-,47-,48-,49-,50+,51+,52+,53+,54+,55-,56-,57-,58-,59-,62-,63?,64-/m0/s1. The van der Waals surface area contributed by atoms with Crippen molar-refractivity contribution in [1.29, 1.82) is 0 Å². The third-order valence-corrected chi connectivity index (χ3v) is 23.8. The van der Waals surface area contributed by atoms with Crippen molar-refractivity contribution < 1.29 is 149 Å². The largest absolute Gasteiger partial charge is 0.394 e. The van der Waals surface area contributed by atoms with E-state index in [9.17, 15) is 91.9 Å². The first-order chi connectivity index (χ1) is 44.2. The van der Waals surface area contributed by atoms with Crippen LogP contribution in [0.2, 0.25) is 0 Å². The molecule has 30 nitrogen and oxygen atoms in total. The van der Waals surface area contributed by atoms with Crippen molar-refractivity contribution in [2.45, 2.75) is 309 Å². The molecule has 4 aliphatic carbocycles. The van der Waals surface area contributed by atoms with Gasteiger partial charge in [-0.3, -0.25) is 0 Å². The minimum atomic E-state index is -1.92. The van der Waals surface area contributed by atoms with Gasteiger partial charge in [0.15, 0.2) is 37.7 Å². The van der Waals surface area contributed by atoms with E-state index in [1.54, 1.807) is 13.8 Å². The number of hydrogen-bond donors (Lipinski definition) is 18. The van der Waals surface area contributed by atoms with Gasteiger partial charge in [0, 0.05) is 18.3 Å². The van der Waals surface area contributed by atoms with Crippen molar-refractivity contribution in [2.24, 2.45) is 39.4 Å². The van der Waals surface area contributed by atoms with E-state index in [1.165, 1.54) is 5.57 Å². The van der Waals surface area contributed by atoms with Gasteiger partial charge in [0.05, 0.1) is 69.7 Å². The van der Waals surface area contributed by atoms with E-state index in [0.29, 0.717) is 12.8 Å². The van der Waals surface area contributed by atoms with E-state index >= 15 is 0 Å². The Labute approximate surface area is 547 Å². The highest BCUT2D eigenvalue weighted by Gasteiger charge is 2.67. The van der Waals surface area contributed by atoms with Gasteiger partial charge in [-0.15, -0.1) is 0 Å². The van der Waals surface area contributed by atoms with E-state index in [0.717, 1.165) is 44.9 Å². The molecule has 3 saturated carbocycles. The van der Waals surface area contributed by atoms with E-state index < -0.39 is 209 Å². The smallest absolute Gasteiger partial charge is 0.187 e. The predicted octanol–water partition coefficient (Wildman–Crippen LogP) is -4.10. The summed E-state index contributed by atoms with van der Waals surface area (Å²) in [5.41, 5.74) is -1.35. The Morgan fingerprint density at radius 2 is 1.10 bits per heavy atom. The summed E-state index contributed by atoms with van der Waals surface area (Å²) < 4.78 is 72.6. The fourth-order valence-corrected chi connectivity index (χ4v) is 17.7. The molecule has 0 aromatic carbocycles. The maximum atomic E-state index is 11.9. The van der Waals surface area contributed by atoms with Crippen LogP contribution in [-0.2, 0) is 56.8 Å². The van der Waals surface area contributed by atoms with Gasteiger partial charge in [-0.2, -0.15) is 0 Å². The van der Waals surface area contributed by atoms with Crippen LogP contribution in [0.1, 0.15) is 126 Å². The fourth-order valence-electron chi connectivity index (χ4n) is 17.7. The third kappa shape index (κ3) is 14.5. The number of rotatable bonds is 22. The molecule has 6 aliphatic heterocycles. The minimum absolute atomic E-state index is 0.0758. The van der Waals surface area contributed by atoms with Crippen LogP contribution < -0.4 is 0 Å². The van der Waals surface area contributed by atoms with Crippen LogP contribution >= 0.6 is 0 Å². The summed E-state index contributed by atoms with van der Waals surface area (Å²) in [7, 11) is 0. The van der Waals surface area contributed by atoms with Gasteiger partial charge in [-0.05, 0) is 106 Å². The van der Waals surface area contributed by atoms with E-state index in [1.807, 2.05) is 0 Å². The normalized spacial score (nSPS) is 51.1. The molecular formula is C64H108O30. The second-order valence-corrected chi connectivity index (χ2v) is 30.3. The number of fused-ring (bicyclic) bond motifs is 5. The van der Waals surface area contributed by atoms with Crippen LogP contribution in [0.15, 0.2) is 11.6 Å². The molecule has 0 spiro atoms. The highest BCUT2D eigenvalue weighted by molar-refractivity contribution is 5.30. The van der Waals surface area contributed by atoms with E-state index in [2.05, 4.69) is 40.7 Å². The van der Waals surface area contributed by atoms with E-state index in [-0.39, 0.29) is 73.1 Å². The number of aliphatic hydroxyl groups is 18. The van der Waals surface area contributed by atoms with Crippen molar-refractivity contribution in [1.82, 2.24) is 0 Å². The maximum absolute atomic E-state index is 11.9. The van der Waals surface area contributed by atoms with Crippen LogP contribution in [0.25, 0.3) is 0 Å². The average Bonchev–Trinajstić information content (AvgIpc) is 1.31. The first kappa shape index (κ1) is 75.2. The van der Waals surface area contributed by atoms with Gasteiger partial charge >= 0.3 is 0 Å². The molecule has 0 radical (unpaired) electrons. The summed E-state index contributed by atoms with van der Waals surface area (Å²) in [6.07, 6.45) is -33.5. The quantitative estimate of drug-likeness (QED) is 0.0458. The Morgan fingerprint density at radius 3 is 1.68 bits per heavy atom. The number of hydrogen-bond acceptors (Lipinski definition) is 30. The van der Waals surface area contributed by atoms with Crippen molar-refractivity contribution >= 4 is 0 Å². The molecule has 6 saturated heterocycles. The summed E-state index contributed by atoms with van der Waals surface area (Å²) in [6.45, 7) is 11.4. The topological polar surface area (TPSA) is 475 Å². The summed E-state index contributed by atoms with van der Waals surface area (Å²) >= 11 is 0. The summed E-state index contributed by atoms with van der Waals surface area (Å²) in [4.78, 5) is 0. The van der Waals surface area contributed by atoms with Crippen LogP contribution in [0.3, 0.4) is 0 Å². The molecule has 544 valence electrons. The summed E-state index contributed by atoms with van der Waals surface area (Å²) in [5.74, 6) is 0.690. The molecule has 0 bridgehead atoms. The first-order valence-electron chi connectivity index (χ1n) is 33.7. The minimum Gasteiger partial charge on any atom is -0.394 e. The molecule has 30 heteroatoms. The summed E-state index contributed by atoms with van der Waals surface area (Å²) in [6, 6.07) is 0. The zero-order valence-corrected chi connectivity index (χ0v) is 54.7. The van der Waals surface area contributed by atoms with Gasteiger partial charge in [0.25, 0.3) is 0 Å². The molecule has 9 fully saturated rings. The van der Waals surface area contributed by atoms with Crippen LogP contribution in [0, 0.1) is 39.4 Å².